The van der Waals surface area contributed by atoms with Gasteiger partial charge in [0, 0.05) is 64.0 Å². The fourth-order valence-corrected chi connectivity index (χ4v) is 5.90. The van der Waals surface area contributed by atoms with Gasteiger partial charge in [-0.15, -0.1) is 0 Å². The van der Waals surface area contributed by atoms with Crippen LogP contribution in [0, 0.1) is 0 Å². The van der Waals surface area contributed by atoms with E-state index in [0.717, 1.165) is 67.7 Å². The molecular formula is C30H40N6O3. The van der Waals surface area contributed by atoms with Crippen LogP contribution in [0.1, 0.15) is 55.0 Å². The van der Waals surface area contributed by atoms with Crippen LogP contribution in [0.4, 0.5) is 10.5 Å². The predicted octanol–water partition coefficient (Wildman–Crippen LogP) is 3.81. The Morgan fingerprint density at radius 2 is 2.00 bits per heavy atom. The summed E-state index contributed by atoms with van der Waals surface area (Å²) >= 11 is 0. The zero-order valence-corrected chi connectivity index (χ0v) is 22.8. The van der Waals surface area contributed by atoms with E-state index >= 15 is 0 Å². The number of aryl methyl sites for hydroxylation is 3. The Balaban J connectivity index is 1.14. The van der Waals surface area contributed by atoms with Crippen LogP contribution in [0.2, 0.25) is 0 Å². The number of rotatable bonds is 10. The summed E-state index contributed by atoms with van der Waals surface area (Å²) in [6.45, 7) is 3.11. The molecule has 39 heavy (non-hydrogen) atoms. The number of nitrogens with one attached hydrogen (secondary N) is 2. The number of nitrogens with two attached hydrogens (primary N) is 1. The molecule has 3 aromatic rings. The number of piperidine rings is 1. The number of para-hydroxylation sites is 2. The summed E-state index contributed by atoms with van der Waals surface area (Å²) in [4.78, 5) is 32.5. The lowest BCUT2D eigenvalue weighted by atomic mass is 9.96. The van der Waals surface area contributed by atoms with E-state index in [4.69, 9.17) is 15.5 Å². The summed E-state index contributed by atoms with van der Waals surface area (Å²) < 4.78 is 7.57. The van der Waals surface area contributed by atoms with Crippen LogP contribution in [0.25, 0.3) is 11.0 Å². The molecule has 2 atom stereocenters. The monoisotopic (exact) mass is 532 g/mol. The summed E-state index contributed by atoms with van der Waals surface area (Å²) in [6.07, 6.45) is 6.35. The molecule has 3 amide bonds. The molecule has 1 fully saturated rings. The molecule has 1 aliphatic heterocycles. The van der Waals surface area contributed by atoms with Crippen molar-refractivity contribution < 1.29 is 14.3 Å². The first-order valence-corrected chi connectivity index (χ1v) is 14.2. The molecule has 0 radical (unpaired) electrons. The number of imidazole rings is 1. The quantitative estimate of drug-likeness (QED) is 0.344. The van der Waals surface area contributed by atoms with E-state index in [1.54, 1.807) is 7.11 Å². The number of nitrogens with zero attached hydrogens (tertiary/aromatic N) is 3. The molecule has 1 aliphatic carbocycles. The first kappa shape index (κ1) is 27.1. The van der Waals surface area contributed by atoms with Gasteiger partial charge in [-0.25, -0.2) is 9.78 Å². The Bertz CT molecular complexity index is 1310. The van der Waals surface area contributed by atoms with Gasteiger partial charge in [-0.05, 0) is 73.9 Å². The van der Waals surface area contributed by atoms with Gasteiger partial charge in [-0.3, -0.25) is 4.79 Å². The van der Waals surface area contributed by atoms with Gasteiger partial charge in [0.1, 0.15) is 5.82 Å². The Labute approximate surface area is 230 Å². The van der Waals surface area contributed by atoms with Gasteiger partial charge in [0.15, 0.2) is 0 Å². The number of urea groups is 1. The minimum Gasteiger partial charge on any atom is -0.385 e. The first-order valence-electron chi connectivity index (χ1n) is 14.2. The molecule has 2 unspecified atom stereocenters. The summed E-state index contributed by atoms with van der Waals surface area (Å²) in [5, 5.41) is 5.70. The van der Waals surface area contributed by atoms with Crippen LogP contribution in [-0.2, 0) is 28.9 Å². The maximum atomic E-state index is 13.2. The smallest absolute Gasteiger partial charge is 0.319 e. The van der Waals surface area contributed by atoms with Gasteiger partial charge < -0.3 is 30.6 Å². The number of aromatic nitrogens is 2. The summed E-state index contributed by atoms with van der Waals surface area (Å²) in [6, 6.07) is 13.5. The number of likely N-dealkylation sites (tertiary alicyclic amines) is 1. The number of ether oxygens (including phenoxy) is 1. The average molecular weight is 533 g/mol. The highest BCUT2D eigenvalue weighted by Gasteiger charge is 2.29. The van der Waals surface area contributed by atoms with E-state index in [1.807, 2.05) is 35.2 Å². The predicted molar refractivity (Wildman–Crippen MR) is 153 cm³/mol. The highest BCUT2D eigenvalue weighted by molar-refractivity contribution is 5.89. The number of hydrogen-bond donors (Lipinski definition) is 3. The maximum Gasteiger partial charge on any atom is 0.319 e. The van der Waals surface area contributed by atoms with E-state index in [0.29, 0.717) is 13.2 Å². The number of anilines is 1. The second-order valence-corrected chi connectivity index (χ2v) is 10.8. The van der Waals surface area contributed by atoms with Crippen LogP contribution < -0.4 is 16.4 Å². The van der Waals surface area contributed by atoms with Crippen LogP contribution in [-0.4, -0.2) is 65.8 Å². The van der Waals surface area contributed by atoms with Crippen LogP contribution in [0.5, 0.6) is 0 Å². The lowest BCUT2D eigenvalue weighted by molar-refractivity contribution is -0.132. The van der Waals surface area contributed by atoms with Gasteiger partial charge in [0.2, 0.25) is 5.91 Å². The van der Waals surface area contributed by atoms with Crippen molar-refractivity contribution in [1.29, 1.82) is 0 Å². The topological polar surface area (TPSA) is 115 Å². The molecule has 1 saturated heterocycles. The normalized spacial score (nSPS) is 17.7. The molecule has 1 aromatic heterocycles. The average Bonchev–Trinajstić information content (AvgIpc) is 3.57. The van der Waals surface area contributed by atoms with Gasteiger partial charge >= 0.3 is 6.03 Å². The van der Waals surface area contributed by atoms with Gasteiger partial charge in [-0.2, -0.15) is 0 Å². The third kappa shape index (κ3) is 6.59. The Hall–Kier alpha value is -3.43. The molecule has 9 heteroatoms. The molecule has 0 bridgehead atoms. The molecule has 5 rings (SSSR count). The van der Waals surface area contributed by atoms with Crippen molar-refractivity contribution in [3.05, 3.63) is 59.4 Å². The van der Waals surface area contributed by atoms with Gasteiger partial charge in [-0.1, -0.05) is 18.2 Å². The molecule has 208 valence electrons. The lowest BCUT2D eigenvalue weighted by Gasteiger charge is -2.33. The molecule has 2 heterocycles. The largest absolute Gasteiger partial charge is 0.385 e. The van der Waals surface area contributed by atoms with Crippen LogP contribution in [0.15, 0.2) is 42.5 Å². The van der Waals surface area contributed by atoms with Crippen molar-refractivity contribution in [3.63, 3.8) is 0 Å². The van der Waals surface area contributed by atoms with Gasteiger partial charge in [0.25, 0.3) is 0 Å². The third-order valence-electron chi connectivity index (χ3n) is 7.87. The highest BCUT2D eigenvalue weighted by Crippen LogP contribution is 2.30. The molecule has 0 saturated carbocycles. The van der Waals surface area contributed by atoms with Crippen molar-refractivity contribution in [3.8, 4) is 0 Å². The second-order valence-electron chi connectivity index (χ2n) is 10.8. The fourth-order valence-electron chi connectivity index (χ4n) is 5.90. The SMILES string of the molecule is COCCCn1c(C2CCCN(C(=O)CC(N)CNC(=O)Nc3ccc4c(c3)CCC4)C2)nc2ccccc21. The van der Waals surface area contributed by atoms with Crippen LogP contribution >= 0.6 is 0 Å². The molecule has 2 aromatic carbocycles. The first-order chi connectivity index (χ1) is 19.0. The van der Waals surface area contributed by atoms with E-state index in [2.05, 4.69) is 27.3 Å². The third-order valence-corrected chi connectivity index (χ3v) is 7.87. The van der Waals surface area contributed by atoms with Crippen molar-refractivity contribution in [2.24, 2.45) is 5.73 Å². The van der Waals surface area contributed by atoms with Crippen molar-refractivity contribution >= 4 is 28.7 Å². The number of fused-ring (bicyclic) bond motifs is 2. The standard InChI is InChI=1S/C30H40N6O3/c1-39-16-6-15-36-27-11-3-2-10-26(27)34-29(36)23-9-5-14-35(20-23)28(37)18-24(31)19-32-30(38)33-25-13-12-21-7-4-8-22(21)17-25/h2-3,10-13,17,23-24H,4-9,14-16,18-20,31H2,1H3,(H2,32,33,38). The highest BCUT2D eigenvalue weighted by atomic mass is 16.5. The number of carbonyl (C=O) groups is 2. The lowest BCUT2D eigenvalue weighted by Crippen LogP contribution is -2.45. The molecular weight excluding hydrogens is 492 g/mol. The zero-order valence-electron chi connectivity index (χ0n) is 22.8. The van der Waals surface area contributed by atoms with E-state index in [1.165, 1.54) is 17.5 Å². The Morgan fingerprint density at radius 1 is 1.15 bits per heavy atom. The van der Waals surface area contributed by atoms with E-state index in [-0.39, 0.29) is 30.8 Å². The number of amides is 3. The number of benzene rings is 2. The Kier molecular flexibility index (Phi) is 8.78. The fraction of sp³-hybridized carbons (Fsp3) is 0.500. The summed E-state index contributed by atoms with van der Waals surface area (Å²) in [5.74, 6) is 1.24. The summed E-state index contributed by atoms with van der Waals surface area (Å²) in [5.41, 5.74) is 11.8. The maximum absolute atomic E-state index is 13.2. The Morgan fingerprint density at radius 3 is 2.87 bits per heavy atom. The van der Waals surface area contributed by atoms with Crippen LogP contribution in [0.3, 0.4) is 0 Å². The molecule has 0 spiro atoms. The van der Waals surface area contributed by atoms with E-state index in [9.17, 15) is 9.59 Å². The second kappa shape index (κ2) is 12.6. The number of hydrogen-bond acceptors (Lipinski definition) is 5. The number of methoxy groups -OCH3 is 1. The van der Waals surface area contributed by atoms with Crippen molar-refractivity contribution in [2.75, 3.05) is 38.7 Å². The van der Waals surface area contributed by atoms with Crippen molar-refractivity contribution in [1.82, 2.24) is 19.8 Å². The zero-order chi connectivity index (χ0) is 27.2. The van der Waals surface area contributed by atoms with E-state index < -0.39 is 6.04 Å². The number of carbonyl (C=O) groups excluding carboxylic acids is 2. The minimum atomic E-state index is -0.456. The summed E-state index contributed by atoms with van der Waals surface area (Å²) in [7, 11) is 1.72. The minimum absolute atomic E-state index is 0.0232. The molecule has 2 aliphatic rings. The molecule has 4 N–H and O–H groups in total. The molecule has 9 nitrogen and oxygen atoms in total. The van der Waals surface area contributed by atoms with Crippen molar-refractivity contribution in [2.45, 2.75) is 63.5 Å². The van der Waals surface area contributed by atoms with Gasteiger partial charge in [0.05, 0.1) is 11.0 Å².